The van der Waals surface area contributed by atoms with Gasteiger partial charge in [-0.05, 0) is 17.7 Å². The minimum atomic E-state index is -0.547. The van der Waals surface area contributed by atoms with E-state index in [2.05, 4.69) is 4.90 Å². The molecule has 1 aromatic carbocycles. The second-order valence-corrected chi connectivity index (χ2v) is 5.21. The third-order valence-corrected chi connectivity index (χ3v) is 3.76. The maximum atomic E-state index is 11.5. The molecule has 1 aliphatic rings. The molecule has 0 unspecified atom stereocenters. The number of primary amides is 1. The maximum Gasteiger partial charge on any atom is 0.241 e. The summed E-state index contributed by atoms with van der Waals surface area (Å²) in [5.41, 5.74) is 6.55. The van der Waals surface area contributed by atoms with Crippen LogP contribution in [0, 0.1) is 0 Å². The first-order chi connectivity index (χ1) is 10.0. The van der Waals surface area contributed by atoms with Crippen molar-refractivity contribution in [1.82, 2.24) is 9.80 Å². The number of rotatable bonds is 4. The lowest BCUT2D eigenvalue weighted by atomic mass is 10.1. The number of amides is 2. The zero-order chi connectivity index (χ0) is 15.4. The molecule has 21 heavy (non-hydrogen) atoms. The minimum Gasteiger partial charge on any atom is -0.497 e. The molecule has 1 aromatic rings. The van der Waals surface area contributed by atoms with Crippen molar-refractivity contribution < 1.29 is 14.3 Å². The molecule has 0 spiro atoms. The summed E-state index contributed by atoms with van der Waals surface area (Å²) in [4.78, 5) is 26.8. The van der Waals surface area contributed by atoms with Crippen molar-refractivity contribution in [3.05, 3.63) is 29.8 Å². The number of methoxy groups -OCH3 is 1. The van der Waals surface area contributed by atoms with E-state index >= 15 is 0 Å². The summed E-state index contributed by atoms with van der Waals surface area (Å²) >= 11 is 0. The number of piperazine rings is 1. The van der Waals surface area contributed by atoms with Crippen LogP contribution in [0.4, 0.5) is 0 Å². The standard InChI is InChI=1S/C15H21N3O3/c1-11(19)18-8-7-17(10-14(18)15(16)20)9-12-3-5-13(21-2)6-4-12/h3-6,14H,7-10H2,1-2H3,(H2,16,20)/t14-/m0/s1. The quantitative estimate of drug-likeness (QED) is 0.860. The van der Waals surface area contributed by atoms with Crippen molar-refractivity contribution in [1.29, 1.82) is 0 Å². The third kappa shape index (κ3) is 3.72. The highest BCUT2D eigenvalue weighted by Crippen LogP contribution is 2.16. The fraction of sp³-hybridized carbons (Fsp3) is 0.467. The smallest absolute Gasteiger partial charge is 0.241 e. The van der Waals surface area contributed by atoms with Gasteiger partial charge < -0.3 is 15.4 Å². The van der Waals surface area contributed by atoms with Crippen LogP contribution in [-0.2, 0) is 16.1 Å². The Morgan fingerprint density at radius 3 is 2.48 bits per heavy atom. The first-order valence-corrected chi connectivity index (χ1v) is 6.93. The summed E-state index contributed by atoms with van der Waals surface area (Å²) in [6.07, 6.45) is 0. The Bertz CT molecular complexity index is 515. The predicted molar refractivity (Wildman–Crippen MR) is 78.6 cm³/mol. The Labute approximate surface area is 124 Å². The number of ether oxygens (including phenoxy) is 1. The van der Waals surface area contributed by atoms with Gasteiger partial charge in [0, 0.05) is 33.1 Å². The van der Waals surface area contributed by atoms with Crippen LogP contribution < -0.4 is 10.5 Å². The Kier molecular flexibility index (Phi) is 4.80. The topological polar surface area (TPSA) is 75.9 Å². The highest BCUT2D eigenvalue weighted by atomic mass is 16.5. The van der Waals surface area contributed by atoms with Crippen LogP contribution in [0.1, 0.15) is 12.5 Å². The van der Waals surface area contributed by atoms with Crippen LogP contribution in [-0.4, -0.2) is 54.4 Å². The van der Waals surface area contributed by atoms with Gasteiger partial charge in [0.2, 0.25) is 11.8 Å². The van der Waals surface area contributed by atoms with Gasteiger partial charge in [-0.2, -0.15) is 0 Å². The second-order valence-electron chi connectivity index (χ2n) is 5.21. The van der Waals surface area contributed by atoms with Crippen molar-refractivity contribution in [2.45, 2.75) is 19.5 Å². The lowest BCUT2D eigenvalue weighted by Gasteiger charge is -2.39. The monoisotopic (exact) mass is 291 g/mol. The van der Waals surface area contributed by atoms with Crippen LogP contribution in [0.25, 0.3) is 0 Å². The number of nitrogens with zero attached hydrogens (tertiary/aromatic N) is 2. The van der Waals surface area contributed by atoms with E-state index in [1.807, 2.05) is 24.3 Å². The zero-order valence-corrected chi connectivity index (χ0v) is 12.4. The Morgan fingerprint density at radius 1 is 1.29 bits per heavy atom. The summed E-state index contributed by atoms with van der Waals surface area (Å²) in [6, 6.07) is 7.26. The largest absolute Gasteiger partial charge is 0.497 e. The number of carbonyl (C=O) groups excluding carboxylic acids is 2. The van der Waals surface area contributed by atoms with E-state index in [1.165, 1.54) is 6.92 Å². The SMILES string of the molecule is COc1ccc(CN2CCN(C(C)=O)[C@H](C(N)=O)C2)cc1. The Hall–Kier alpha value is -2.08. The molecule has 1 aliphatic heterocycles. The first-order valence-electron chi connectivity index (χ1n) is 6.93. The van der Waals surface area contributed by atoms with E-state index in [9.17, 15) is 9.59 Å². The molecular weight excluding hydrogens is 270 g/mol. The minimum absolute atomic E-state index is 0.108. The van der Waals surface area contributed by atoms with Gasteiger partial charge >= 0.3 is 0 Å². The maximum absolute atomic E-state index is 11.5. The molecule has 0 aliphatic carbocycles. The molecule has 0 saturated carbocycles. The summed E-state index contributed by atoms with van der Waals surface area (Å²) in [7, 11) is 1.63. The fourth-order valence-corrected chi connectivity index (χ4v) is 2.59. The summed E-state index contributed by atoms with van der Waals surface area (Å²) in [5, 5.41) is 0. The summed E-state index contributed by atoms with van der Waals surface area (Å²) in [5.74, 6) is 0.252. The molecule has 1 atom stereocenters. The molecule has 114 valence electrons. The first kappa shape index (κ1) is 15.3. The average Bonchev–Trinajstić information content (AvgIpc) is 2.47. The van der Waals surface area contributed by atoms with Gasteiger partial charge in [-0.3, -0.25) is 14.5 Å². The molecule has 1 saturated heterocycles. The molecular formula is C15H21N3O3. The van der Waals surface area contributed by atoms with E-state index in [-0.39, 0.29) is 5.91 Å². The summed E-state index contributed by atoms with van der Waals surface area (Å²) in [6.45, 7) is 3.92. The average molecular weight is 291 g/mol. The Balaban J connectivity index is 2.01. The van der Waals surface area contributed by atoms with Gasteiger partial charge in [0.25, 0.3) is 0 Å². The molecule has 2 rings (SSSR count). The molecule has 2 amide bonds. The lowest BCUT2D eigenvalue weighted by molar-refractivity contribution is -0.141. The molecule has 0 radical (unpaired) electrons. The molecule has 0 aromatic heterocycles. The van der Waals surface area contributed by atoms with Crippen LogP contribution in [0.2, 0.25) is 0 Å². The molecule has 6 nitrogen and oxygen atoms in total. The van der Waals surface area contributed by atoms with Crippen molar-refractivity contribution in [3.63, 3.8) is 0 Å². The van der Waals surface area contributed by atoms with Crippen molar-refractivity contribution in [2.75, 3.05) is 26.7 Å². The normalized spacial score (nSPS) is 19.3. The van der Waals surface area contributed by atoms with E-state index < -0.39 is 11.9 Å². The van der Waals surface area contributed by atoms with Gasteiger partial charge in [0.05, 0.1) is 7.11 Å². The number of nitrogens with two attached hydrogens (primary N) is 1. The van der Waals surface area contributed by atoms with E-state index in [1.54, 1.807) is 12.0 Å². The van der Waals surface area contributed by atoms with Crippen LogP contribution in [0.5, 0.6) is 5.75 Å². The number of carbonyl (C=O) groups is 2. The number of hydrogen-bond donors (Lipinski definition) is 1. The molecule has 0 bridgehead atoms. The second kappa shape index (κ2) is 6.58. The highest BCUT2D eigenvalue weighted by molar-refractivity contribution is 5.86. The fourth-order valence-electron chi connectivity index (χ4n) is 2.59. The number of benzene rings is 1. The van der Waals surface area contributed by atoms with Crippen molar-refractivity contribution >= 4 is 11.8 Å². The molecule has 6 heteroatoms. The predicted octanol–water partition coefficient (Wildman–Crippen LogP) is 0.213. The van der Waals surface area contributed by atoms with Crippen LogP contribution >= 0.6 is 0 Å². The van der Waals surface area contributed by atoms with Gasteiger partial charge in [0.15, 0.2) is 0 Å². The zero-order valence-electron chi connectivity index (χ0n) is 12.4. The molecule has 1 fully saturated rings. The number of hydrogen-bond acceptors (Lipinski definition) is 4. The van der Waals surface area contributed by atoms with Crippen LogP contribution in [0.15, 0.2) is 24.3 Å². The third-order valence-electron chi connectivity index (χ3n) is 3.76. The van der Waals surface area contributed by atoms with E-state index in [4.69, 9.17) is 10.5 Å². The van der Waals surface area contributed by atoms with Crippen LogP contribution in [0.3, 0.4) is 0 Å². The van der Waals surface area contributed by atoms with Gasteiger partial charge in [0.1, 0.15) is 11.8 Å². The molecule has 2 N–H and O–H groups in total. The van der Waals surface area contributed by atoms with Crippen molar-refractivity contribution in [2.24, 2.45) is 5.73 Å². The lowest BCUT2D eigenvalue weighted by Crippen LogP contribution is -2.59. The van der Waals surface area contributed by atoms with Gasteiger partial charge in [-0.1, -0.05) is 12.1 Å². The van der Waals surface area contributed by atoms with Gasteiger partial charge in [-0.15, -0.1) is 0 Å². The van der Waals surface area contributed by atoms with E-state index in [0.29, 0.717) is 13.1 Å². The molecule has 1 heterocycles. The Morgan fingerprint density at radius 2 is 1.95 bits per heavy atom. The highest BCUT2D eigenvalue weighted by Gasteiger charge is 2.32. The van der Waals surface area contributed by atoms with Gasteiger partial charge in [-0.25, -0.2) is 0 Å². The van der Waals surface area contributed by atoms with Crippen molar-refractivity contribution in [3.8, 4) is 5.75 Å². The van der Waals surface area contributed by atoms with E-state index in [0.717, 1.165) is 24.4 Å². The summed E-state index contributed by atoms with van der Waals surface area (Å²) < 4.78 is 5.13.